The van der Waals surface area contributed by atoms with E-state index < -0.39 is 0 Å². The molecule has 1 N–H and O–H groups in total. The predicted octanol–water partition coefficient (Wildman–Crippen LogP) is 2.03. The summed E-state index contributed by atoms with van der Waals surface area (Å²) >= 11 is 0. The highest BCUT2D eigenvalue weighted by Gasteiger charge is 2.34. The van der Waals surface area contributed by atoms with Gasteiger partial charge in [-0.1, -0.05) is 38.0 Å². The van der Waals surface area contributed by atoms with Crippen molar-refractivity contribution in [2.24, 2.45) is 5.92 Å². The summed E-state index contributed by atoms with van der Waals surface area (Å²) in [5, 5.41) is 2.78. The van der Waals surface area contributed by atoms with E-state index in [9.17, 15) is 4.79 Å². The Morgan fingerprint density at radius 3 is 2.92 bits per heavy atom. The summed E-state index contributed by atoms with van der Waals surface area (Å²) in [7, 11) is 0. The lowest BCUT2D eigenvalue weighted by atomic mass is 9.90. The lowest BCUT2D eigenvalue weighted by Gasteiger charge is -2.32. The Morgan fingerprint density at radius 1 is 1.62 bits per heavy atom. The van der Waals surface area contributed by atoms with E-state index in [1.165, 1.54) is 12.8 Å². The number of allylic oxidation sites excluding steroid dienone is 1. The van der Waals surface area contributed by atoms with Gasteiger partial charge in [0.25, 0.3) is 0 Å². The summed E-state index contributed by atoms with van der Waals surface area (Å²) in [4.78, 5) is 11.1. The molecule has 1 fully saturated rings. The number of hydrogen-bond acceptors (Lipinski definition) is 1. The lowest BCUT2D eigenvalue weighted by molar-refractivity contribution is -0.131. The number of amides is 1. The first-order valence-electron chi connectivity index (χ1n) is 4.89. The Balaban J connectivity index is 2.30. The van der Waals surface area contributed by atoms with Crippen molar-refractivity contribution in [2.75, 3.05) is 0 Å². The van der Waals surface area contributed by atoms with Crippen LogP contribution < -0.4 is 5.32 Å². The molecule has 0 aromatic heterocycles. The Morgan fingerprint density at radius 2 is 2.38 bits per heavy atom. The summed E-state index contributed by atoms with van der Waals surface area (Å²) in [6, 6.07) is 0.158. The van der Waals surface area contributed by atoms with Gasteiger partial charge >= 0.3 is 0 Å². The van der Waals surface area contributed by atoms with Crippen LogP contribution in [-0.2, 0) is 4.79 Å². The van der Waals surface area contributed by atoms with Crippen molar-refractivity contribution in [2.45, 2.75) is 32.2 Å². The van der Waals surface area contributed by atoms with Crippen LogP contribution in [0.4, 0.5) is 0 Å². The third-order valence-corrected chi connectivity index (χ3v) is 2.32. The summed E-state index contributed by atoms with van der Waals surface area (Å²) in [5.41, 5.74) is 0. The average Bonchev–Trinajstić information content (AvgIpc) is 2.13. The first-order chi connectivity index (χ1) is 6.29. The highest BCUT2D eigenvalue weighted by molar-refractivity contribution is 5.88. The highest BCUT2D eigenvalue weighted by atomic mass is 16.2. The van der Waals surface area contributed by atoms with Gasteiger partial charge in [0.15, 0.2) is 0 Å². The molecule has 0 radical (unpaired) electrons. The van der Waals surface area contributed by atoms with Crippen molar-refractivity contribution in [3.8, 4) is 0 Å². The summed E-state index contributed by atoms with van der Waals surface area (Å²) < 4.78 is 0. The Labute approximate surface area is 79.7 Å². The Kier molecular flexibility index (Phi) is 3.74. The molecule has 1 rings (SSSR count). The van der Waals surface area contributed by atoms with Gasteiger partial charge in [-0.2, -0.15) is 0 Å². The van der Waals surface area contributed by atoms with Gasteiger partial charge in [0.2, 0.25) is 5.91 Å². The second-order valence-electron chi connectivity index (χ2n) is 3.37. The Bertz CT molecular complexity index is 220. The average molecular weight is 179 g/mol. The molecule has 1 heterocycles. The number of carbonyl (C=O) groups excluding carboxylic acids is 1. The Hall–Kier alpha value is -1.05. The smallest absolute Gasteiger partial charge is 0.229 e. The zero-order valence-corrected chi connectivity index (χ0v) is 8.12. The lowest BCUT2D eigenvalue weighted by Crippen LogP contribution is -2.55. The molecular formula is C11H17NO. The zero-order chi connectivity index (χ0) is 9.68. The van der Waals surface area contributed by atoms with Crippen LogP contribution in [-0.4, -0.2) is 11.9 Å². The van der Waals surface area contributed by atoms with Crippen LogP contribution in [0.3, 0.4) is 0 Å². The number of hydrogen-bond donors (Lipinski definition) is 1. The number of carbonyl (C=O) groups is 1. The van der Waals surface area contributed by atoms with Gasteiger partial charge in [0.05, 0.1) is 12.0 Å². The van der Waals surface area contributed by atoms with Crippen LogP contribution in [0.2, 0.25) is 0 Å². The van der Waals surface area contributed by atoms with E-state index in [1.54, 1.807) is 6.08 Å². The number of unbranched alkanes of at least 4 members (excludes halogenated alkanes) is 2. The van der Waals surface area contributed by atoms with E-state index in [0.717, 1.165) is 6.42 Å². The molecule has 13 heavy (non-hydrogen) atoms. The van der Waals surface area contributed by atoms with Crippen LogP contribution in [0.5, 0.6) is 0 Å². The topological polar surface area (TPSA) is 29.1 Å². The van der Waals surface area contributed by atoms with Gasteiger partial charge in [0.1, 0.15) is 0 Å². The first kappa shape index (κ1) is 10.0. The van der Waals surface area contributed by atoms with Gasteiger partial charge < -0.3 is 5.32 Å². The SMILES string of the molecule is C=C[C@@H]1NC(=O)[C@@H]1/C=C/CCCC. The molecular weight excluding hydrogens is 162 g/mol. The van der Waals surface area contributed by atoms with E-state index in [2.05, 4.69) is 24.9 Å². The van der Waals surface area contributed by atoms with E-state index >= 15 is 0 Å². The molecule has 0 unspecified atom stereocenters. The summed E-state index contributed by atoms with van der Waals surface area (Å²) in [6.07, 6.45) is 9.36. The number of β-lactam (4-membered cyclic amide) rings is 1. The van der Waals surface area contributed by atoms with Crippen molar-refractivity contribution < 1.29 is 4.79 Å². The molecule has 0 spiro atoms. The van der Waals surface area contributed by atoms with Gasteiger partial charge in [0, 0.05) is 0 Å². The van der Waals surface area contributed by atoms with Gasteiger partial charge in [-0.15, -0.1) is 6.58 Å². The maximum atomic E-state index is 11.1. The second-order valence-corrected chi connectivity index (χ2v) is 3.37. The molecule has 0 aromatic carbocycles. The van der Waals surface area contributed by atoms with Crippen LogP contribution >= 0.6 is 0 Å². The first-order valence-corrected chi connectivity index (χ1v) is 4.89. The fourth-order valence-electron chi connectivity index (χ4n) is 1.39. The quantitative estimate of drug-likeness (QED) is 0.390. The molecule has 0 bridgehead atoms. The minimum atomic E-state index is 0.0364. The summed E-state index contributed by atoms with van der Waals surface area (Å²) in [6.45, 7) is 5.83. The van der Waals surface area contributed by atoms with Crippen molar-refractivity contribution in [3.63, 3.8) is 0 Å². The normalized spacial score (nSPS) is 27.0. The van der Waals surface area contributed by atoms with Crippen LogP contribution in [0, 0.1) is 5.92 Å². The van der Waals surface area contributed by atoms with Crippen LogP contribution in [0.15, 0.2) is 24.8 Å². The standard InChI is InChI=1S/C11H17NO/c1-3-5-6-7-8-9-10(4-2)12-11(9)13/h4,7-10H,2-3,5-6H2,1H3,(H,12,13)/b8-7+/t9-,10+/m1/s1. The van der Waals surface area contributed by atoms with Crippen molar-refractivity contribution in [1.29, 1.82) is 0 Å². The third-order valence-electron chi connectivity index (χ3n) is 2.32. The molecule has 1 aliphatic rings. The predicted molar refractivity (Wildman–Crippen MR) is 54.3 cm³/mol. The highest BCUT2D eigenvalue weighted by Crippen LogP contribution is 2.17. The molecule has 1 amide bonds. The molecule has 0 aliphatic carbocycles. The van der Waals surface area contributed by atoms with E-state index in [0.29, 0.717) is 0 Å². The minimum Gasteiger partial charge on any atom is -0.348 e. The maximum absolute atomic E-state index is 11.1. The third kappa shape index (κ3) is 2.44. The van der Waals surface area contributed by atoms with E-state index in [4.69, 9.17) is 0 Å². The second kappa shape index (κ2) is 4.85. The van der Waals surface area contributed by atoms with Crippen LogP contribution in [0.25, 0.3) is 0 Å². The fourth-order valence-corrected chi connectivity index (χ4v) is 1.39. The molecule has 0 aromatic rings. The van der Waals surface area contributed by atoms with Crippen LogP contribution in [0.1, 0.15) is 26.2 Å². The zero-order valence-electron chi connectivity index (χ0n) is 8.12. The number of rotatable bonds is 5. The van der Waals surface area contributed by atoms with Crippen molar-refractivity contribution >= 4 is 5.91 Å². The molecule has 2 atom stereocenters. The fraction of sp³-hybridized carbons (Fsp3) is 0.545. The molecule has 2 heteroatoms. The molecule has 72 valence electrons. The molecule has 2 nitrogen and oxygen atoms in total. The summed E-state index contributed by atoms with van der Waals surface area (Å²) in [5.74, 6) is 0.159. The van der Waals surface area contributed by atoms with Gasteiger partial charge in [-0.05, 0) is 6.42 Å². The maximum Gasteiger partial charge on any atom is 0.229 e. The molecule has 0 saturated carbocycles. The van der Waals surface area contributed by atoms with E-state index in [1.807, 2.05) is 6.08 Å². The van der Waals surface area contributed by atoms with Crippen molar-refractivity contribution in [1.82, 2.24) is 5.32 Å². The minimum absolute atomic E-state index is 0.0364. The van der Waals surface area contributed by atoms with Crippen molar-refractivity contribution in [3.05, 3.63) is 24.8 Å². The van der Waals surface area contributed by atoms with Gasteiger partial charge in [-0.3, -0.25) is 4.79 Å². The monoisotopic (exact) mass is 179 g/mol. The largest absolute Gasteiger partial charge is 0.348 e. The number of nitrogens with one attached hydrogen (secondary N) is 1. The van der Waals surface area contributed by atoms with Gasteiger partial charge in [-0.25, -0.2) is 0 Å². The molecule has 1 saturated heterocycles. The molecule has 1 aliphatic heterocycles. The van der Waals surface area contributed by atoms with E-state index in [-0.39, 0.29) is 17.9 Å².